The van der Waals surface area contributed by atoms with Crippen LogP contribution in [0.1, 0.15) is 16.7 Å². The topological polar surface area (TPSA) is 80.4 Å². The molecule has 0 aliphatic carbocycles. The van der Waals surface area contributed by atoms with Crippen LogP contribution in [0.2, 0.25) is 0 Å². The number of pyridine rings is 1. The monoisotopic (exact) mass is 483 g/mol. The van der Waals surface area contributed by atoms with Gasteiger partial charge in [-0.15, -0.1) is 0 Å². The van der Waals surface area contributed by atoms with Crippen LogP contribution in [0.4, 0.5) is 0 Å². The van der Waals surface area contributed by atoms with Crippen molar-refractivity contribution >= 4 is 17.1 Å². The fraction of sp³-hybridized carbons (Fsp3) is 0.286. The second-order valence-corrected chi connectivity index (χ2v) is 9.26. The van der Waals surface area contributed by atoms with Crippen molar-refractivity contribution in [2.45, 2.75) is 26.6 Å². The third-order valence-electron chi connectivity index (χ3n) is 6.71. The molecule has 4 aromatic rings. The lowest BCUT2D eigenvalue weighted by molar-refractivity contribution is -0.133. The molecule has 0 bridgehead atoms. The van der Waals surface area contributed by atoms with Gasteiger partial charge in [0, 0.05) is 38.9 Å². The standard InChI is InChI=1S/C28H29N5O3/c1-21-9-11-23(12-10-21)19-33-26-24(8-5-13-29-26)32(27(35)28(33)36)20-25(34)31-16-14-30(15-17-31)18-22-6-3-2-4-7-22/h2-13H,14-20H2,1H3. The number of nitrogens with zero attached hydrogens (tertiary/aromatic N) is 5. The van der Waals surface area contributed by atoms with Crippen LogP contribution >= 0.6 is 0 Å². The highest BCUT2D eigenvalue weighted by Crippen LogP contribution is 2.13. The van der Waals surface area contributed by atoms with Crippen LogP contribution in [0.25, 0.3) is 11.2 Å². The Morgan fingerprint density at radius 2 is 1.44 bits per heavy atom. The van der Waals surface area contributed by atoms with Gasteiger partial charge < -0.3 is 4.90 Å². The number of fused-ring (bicyclic) bond motifs is 1. The van der Waals surface area contributed by atoms with E-state index in [1.54, 1.807) is 23.2 Å². The van der Waals surface area contributed by atoms with Crippen molar-refractivity contribution < 1.29 is 4.79 Å². The van der Waals surface area contributed by atoms with Crippen molar-refractivity contribution in [1.82, 2.24) is 23.9 Å². The Morgan fingerprint density at radius 1 is 0.778 bits per heavy atom. The molecule has 1 saturated heterocycles. The molecule has 184 valence electrons. The number of hydrogen-bond acceptors (Lipinski definition) is 5. The van der Waals surface area contributed by atoms with E-state index < -0.39 is 11.1 Å². The van der Waals surface area contributed by atoms with E-state index >= 15 is 0 Å². The SMILES string of the molecule is Cc1ccc(Cn2c(=O)c(=O)n(CC(=O)N3CCN(Cc4ccccc4)CC3)c3cccnc32)cc1. The van der Waals surface area contributed by atoms with Crippen molar-refractivity contribution in [2.24, 2.45) is 0 Å². The lowest BCUT2D eigenvalue weighted by Crippen LogP contribution is -2.50. The number of rotatable bonds is 6. The predicted octanol–water partition coefficient (Wildman–Crippen LogP) is 2.26. The van der Waals surface area contributed by atoms with Crippen LogP contribution in [0, 0.1) is 6.92 Å². The van der Waals surface area contributed by atoms with Gasteiger partial charge in [-0.05, 0) is 30.2 Å². The Morgan fingerprint density at radius 3 is 2.17 bits per heavy atom. The minimum Gasteiger partial charge on any atom is -0.339 e. The molecule has 2 aromatic heterocycles. The van der Waals surface area contributed by atoms with Gasteiger partial charge in [0.05, 0.1) is 12.1 Å². The third kappa shape index (κ3) is 4.99. The average Bonchev–Trinajstić information content (AvgIpc) is 2.91. The first-order valence-corrected chi connectivity index (χ1v) is 12.2. The second-order valence-electron chi connectivity index (χ2n) is 9.26. The molecular weight excluding hydrogens is 454 g/mol. The van der Waals surface area contributed by atoms with Crippen LogP contribution < -0.4 is 11.1 Å². The van der Waals surface area contributed by atoms with E-state index in [4.69, 9.17) is 0 Å². The van der Waals surface area contributed by atoms with E-state index in [-0.39, 0.29) is 19.0 Å². The molecule has 2 aromatic carbocycles. The smallest absolute Gasteiger partial charge is 0.318 e. The molecule has 3 heterocycles. The highest BCUT2D eigenvalue weighted by molar-refractivity contribution is 5.79. The molecule has 0 spiro atoms. The van der Waals surface area contributed by atoms with Gasteiger partial charge in [-0.3, -0.25) is 28.4 Å². The lowest BCUT2D eigenvalue weighted by Gasteiger charge is -2.35. The van der Waals surface area contributed by atoms with E-state index in [1.165, 1.54) is 14.7 Å². The molecular formula is C28H29N5O3. The Labute approximate surface area is 209 Å². The predicted molar refractivity (Wildman–Crippen MR) is 139 cm³/mol. The van der Waals surface area contributed by atoms with Gasteiger partial charge in [-0.1, -0.05) is 60.2 Å². The molecule has 0 atom stereocenters. The fourth-order valence-electron chi connectivity index (χ4n) is 4.66. The van der Waals surface area contributed by atoms with Gasteiger partial charge in [0.2, 0.25) is 5.91 Å². The summed E-state index contributed by atoms with van der Waals surface area (Å²) in [5, 5.41) is 0. The van der Waals surface area contributed by atoms with Crippen LogP contribution in [0.15, 0.2) is 82.5 Å². The lowest BCUT2D eigenvalue weighted by atomic mass is 10.1. The molecule has 1 aliphatic heterocycles. The van der Waals surface area contributed by atoms with Gasteiger partial charge in [-0.25, -0.2) is 4.98 Å². The Kier molecular flexibility index (Phi) is 6.77. The first-order chi connectivity index (χ1) is 17.5. The quantitative estimate of drug-likeness (QED) is 0.393. The van der Waals surface area contributed by atoms with E-state index in [0.29, 0.717) is 24.3 Å². The fourth-order valence-corrected chi connectivity index (χ4v) is 4.66. The second kappa shape index (κ2) is 10.3. The van der Waals surface area contributed by atoms with E-state index in [0.717, 1.165) is 30.8 Å². The number of piperazine rings is 1. The molecule has 0 radical (unpaired) electrons. The van der Waals surface area contributed by atoms with Crippen LogP contribution in [-0.4, -0.2) is 56.0 Å². The molecule has 0 N–H and O–H groups in total. The summed E-state index contributed by atoms with van der Waals surface area (Å²) in [5.41, 5.74) is 2.74. The number of carbonyl (C=O) groups is 1. The van der Waals surface area contributed by atoms with Crippen molar-refractivity contribution in [3.8, 4) is 0 Å². The molecule has 8 nitrogen and oxygen atoms in total. The van der Waals surface area contributed by atoms with Gasteiger partial charge in [-0.2, -0.15) is 0 Å². The Hall–Kier alpha value is -4.04. The summed E-state index contributed by atoms with van der Waals surface area (Å²) in [6.45, 7) is 5.58. The summed E-state index contributed by atoms with van der Waals surface area (Å²) in [6, 6.07) is 21.5. The third-order valence-corrected chi connectivity index (χ3v) is 6.71. The Bertz CT molecular complexity index is 1480. The molecule has 1 fully saturated rings. The molecule has 1 amide bonds. The molecule has 0 saturated carbocycles. The summed E-state index contributed by atoms with van der Waals surface area (Å²) in [7, 11) is 0. The maximum Gasteiger partial charge on any atom is 0.318 e. The molecule has 8 heteroatoms. The van der Waals surface area contributed by atoms with Gasteiger partial charge >= 0.3 is 11.1 Å². The number of benzene rings is 2. The summed E-state index contributed by atoms with van der Waals surface area (Å²) in [4.78, 5) is 47.9. The van der Waals surface area contributed by atoms with Crippen molar-refractivity contribution in [1.29, 1.82) is 0 Å². The van der Waals surface area contributed by atoms with Gasteiger partial charge in [0.15, 0.2) is 5.65 Å². The van der Waals surface area contributed by atoms with Gasteiger partial charge in [0.25, 0.3) is 0 Å². The van der Waals surface area contributed by atoms with E-state index in [2.05, 4.69) is 22.0 Å². The number of carbonyl (C=O) groups excluding carboxylic acids is 1. The van der Waals surface area contributed by atoms with Crippen molar-refractivity contribution in [3.05, 3.63) is 110 Å². The number of aromatic nitrogens is 3. The first kappa shape index (κ1) is 23.7. The summed E-state index contributed by atoms with van der Waals surface area (Å²) in [5.74, 6) is -0.169. The summed E-state index contributed by atoms with van der Waals surface area (Å²) in [6.07, 6.45) is 1.59. The number of aryl methyl sites for hydroxylation is 1. The van der Waals surface area contributed by atoms with Crippen LogP contribution in [0.3, 0.4) is 0 Å². The minimum atomic E-state index is -0.710. The largest absolute Gasteiger partial charge is 0.339 e. The van der Waals surface area contributed by atoms with E-state index in [1.807, 2.05) is 49.4 Å². The molecule has 5 rings (SSSR count). The zero-order chi connectivity index (χ0) is 25.1. The zero-order valence-electron chi connectivity index (χ0n) is 20.3. The van der Waals surface area contributed by atoms with Crippen LogP contribution in [0.5, 0.6) is 0 Å². The highest BCUT2D eigenvalue weighted by Gasteiger charge is 2.23. The van der Waals surface area contributed by atoms with E-state index in [9.17, 15) is 14.4 Å². The number of amides is 1. The van der Waals surface area contributed by atoms with Crippen molar-refractivity contribution in [3.63, 3.8) is 0 Å². The van der Waals surface area contributed by atoms with Crippen molar-refractivity contribution in [2.75, 3.05) is 26.2 Å². The normalized spacial score (nSPS) is 14.3. The summed E-state index contributed by atoms with van der Waals surface area (Å²) >= 11 is 0. The molecule has 36 heavy (non-hydrogen) atoms. The zero-order valence-corrected chi connectivity index (χ0v) is 20.3. The average molecular weight is 484 g/mol. The first-order valence-electron chi connectivity index (χ1n) is 12.2. The minimum absolute atomic E-state index is 0.169. The van der Waals surface area contributed by atoms with Crippen LogP contribution in [-0.2, 0) is 24.4 Å². The Balaban J connectivity index is 1.35. The maximum absolute atomic E-state index is 13.2. The maximum atomic E-state index is 13.2. The van der Waals surface area contributed by atoms with Gasteiger partial charge in [0.1, 0.15) is 6.54 Å². The highest BCUT2D eigenvalue weighted by atomic mass is 16.2. The number of hydrogen-bond donors (Lipinski definition) is 0. The molecule has 1 aliphatic rings. The summed E-state index contributed by atoms with van der Waals surface area (Å²) < 4.78 is 2.67. The molecule has 0 unspecified atom stereocenters.